The lowest BCUT2D eigenvalue weighted by molar-refractivity contribution is 0.575. The zero-order valence-corrected chi connectivity index (χ0v) is 12.6. The summed E-state index contributed by atoms with van der Waals surface area (Å²) < 4.78 is 26.2. The molecule has 5 heteroatoms. The van der Waals surface area contributed by atoms with Crippen LogP contribution in [0.5, 0.6) is 0 Å². The van der Waals surface area contributed by atoms with Gasteiger partial charge in [0.25, 0.3) is 0 Å². The Kier molecular flexibility index (Phi) is 4.81. The van der Waals surface area contributed by atoms with Gasteiger partial charge in [0.2, 0.25) is 10.0 Å². The van der Waals surface area contributed by atoms with Crippen LogP contribution < -0.4 is 4.72 Å². The Hall–Kier alpha value is -0.390. The summed E-state index contributed by atoms with van der Waals surface area (Å²) in [6, 6.07) is 7.91. The van der Waals surface area contributed by atoms with E-state index in [0.717, 1.165) is 22.9 Å². The van der Waals surface area contributed by atoms with Crippen LogP contribution in [0.4, 0.5) is 0 Å². The molecule has 100 valence electrons. The smallest absolute Gasteiger partial charge is 0.211 e. The molecular weight excluding hydrogens is 314 g/mol. The van der Waals surface area contributed by atoms with Crippen LogP contribution >= 0.6 is 15.9 Å². The van der Waals surface area contributed by atoms with Crippen molar-refractivity contribution in [2.45, 2.75) is 31.1 Å². The summed E-state index contributed by atoms with van der Waals surface area (Å²) in [4.78, 5) is 0. The third-order valence-corrected chi connectivity index (χ3v) is 5.14. The van der Waals surface area contributed by atoms with E-state index in [4.69, 9.17) is 0 Å². The second-order valence-corrected chi connectivity index (χ2v) is 7.31. The van der Waals surface area contributed by atoms with E-state index < -0.39 is 10.0 Å². The lowest BCUT2D eigenvalue weighted by Crippen LogP contribution is -2.26. The van der Waals surface area contributed by atoms with E-state index in [1.54, 1.807) is 0 Å². The van der Waals surface area contributed by atoms with Crippen LogP contribution in [0.25, 0.3) is 0 Å². The number of hydrogen-bond donors (Lipinski definition) is 1. The van der Waals surface area contributed by atoms with E-state index >= 15 is 0 Å². The van der Waals surface area contributed by atoms with Crippen LogP contribution in [-0.2, 0) is 21.9 Å². The van der Waals surface area contributed by atoms with Crippen molar-refractivity contribution in [3.8, 4) is 0 Å². The summed E-state index contributed by atoms with van der Waals surface area (Å²) in [5, 5.41) is 0.787. The monoisotopic (exact) mass is 331 g/mol. The second-order valence-electron chi connectivity index (χ2n) is 4.83. The quantitative estimate of drug-likeness (QED) is 0.781. The van der Waals surface area contributed by atoms with Crippen molar-refractivity contribution < 1.29 is 8.42 Å². The number of hydrogen-bond acceptors (Lipinski definition) is 2. The topological polar surface area (TPSA) is 46.2 Å². The van der Waals surface area contributed by atoms with Gasteiger partial charge in [-0.25, -0.2) is 13.1 Å². The third-order valence-electron chi connectivity index (χ3n) is 3.13. The first kappa shape index (κ1) is 14.0. The fourth-order valence-corrected chi connectivity index (χ4v) is 3.34. The van der Waals surface area contributed by atoms with Crippen LogP contribution in [-0.4, -0.2) is 14.2 Å². The first-order valence-electron chi connectivity index (χ1n) is 6.20. The van der Waals surface area contributed by atoms with Crippen molar-refractivity contribution in [2.24, 2.45) is 5.92 Å². The van der Waals surface area contributed by atoms with Gasteiger partial charge in [-0.05, 0) is 23.5 Å². The summed E-state index contributed by atoms with van der Waals surface area (Å²) in [5.74, 6) is 0.911. The van der Waals surface area contributed by atoms with Gasteiger partial charge in [0, 0.05) is 11.9 Å². The number of halogens is 1. The minimum atomic E-state index is -3.12. The third kappa shape index (κ3) is 4.71. The molecule has 1 aliphatic rings. The normalized spacial score (nSPS) is 15.8. The molecule has 1 aliphatic carbocycles. The molecule has 1 fully saturated rings. The predicted octanol–water partition coefficient (Wildman–Crippen LogP) is 2.80. The van der Waals surface area contributed by atoms with Crippen LogP contribution in [0.3, 0.4) is 0 Å². The highest BCUT2D eigenvalue weighted by molar-refractivity contribution is 9.08. The highest BCUT2D eigenvalue weighted by Crippen LogP contribution is 2.32. The van der Waals surface area contributed by atoms with E-state index in [0.29, 0.717) is 12.5 Å². The summed E-state index contributed by atoms with van der Waals surface area (Å²) in [6.07, 6.45) is 3.20. The van der Waals surface area contributed by atoms with Crippen molar-refractivity contribution in [1.29, 1.82) is 0 Å². The van der Waals surface area contributed by atoms with Gasteiger partial charge < -0.3 is 0 Å². The predicted molar refractivity (Wildman–Crippen MR) is 77.0 cm³/mol. The van der Waals surface area contributed by atoms with Crippen molar-refractivity contribution >= 4 is 26.0 Å². The van der Waals surface area contributed by atoms with Crippen molar-refractivity contribution in [1.82, 2.24) is 4.72 Å². The molecule has 1 aromatic rings. The Bertz CT molecular complexity index is 497. The molecule has 0 radical (unpaired) electrons. The maximum Gasteiger partial charge on any atom is 0.211 e. The van der Waals surface area contributed by atoms with Crippen molar-refractivity contribution in [3.05, 3.63) is 35.4 Å². The molecule has 0 atom stereocenters. The van der Waals surface area contributed by atoms with E-state index in [9.17, 15) is 8.42 Å². The molecule has 0 bridgehead atoms. The standard InChI is InChI=1S/C13H18BrNO2S/c14-9-12-2-1-3-13(8-12)10-15-18(16,17)7-6-11-4-5-11/h1-3,8,11,15H,4-7,9-10H2. The highest BCUT2D eigenvalue weighted by Gasteiger charge is 2.23. The van der Waals surface area contributed by atoms with Crippen LogP contribution in [0.2, 0.25) is 0 Å². The van der Waals surface area contributed by atoms with Crippen molar-refractivity contribution in [3.63, 3.8) is 0 Å². The number of nitrogens with one attached hydrogen (secondary N) is 1. The molecule has 0 amide bonds. The summed E-state index contributed by atoms with van der Waals surface area (Å²) in [6.45, 7) is 0.383. The fraction of sp³-hybridized carbons (Fsp3) is 0.538. The average molecular weight is 332 g/mol. The van der Waals surface area contributed by atoms with Crippen molar-refractivity contribution in [2.75, 3.05) is 5.75 Å². The zero-order chi connectivity index (χ0) is 13.0. The van der Waals surface area contributed by atoms with Gasteiger partial charge in [-0.3, -0.25) is 0 Å². The lowest BCUT2D eigenvalue weighted by atomic mass is 10.1. The maximum atomic E-state index is 11.8. The Balaban J connectivity index is 1.84. The number of sulfonamides is 1. The van der Waals surface area contributed by atoms with Gasteiger partial charge >= 0.3 is 0 Å². The Morgan fingerprint density at radius 2 is 2.00 bits per heavy atom. The van der Waals surface area contributed by atoms with Crippen LogP contribution in [0.15, 0.2) is 24.3 Å². The fourth-order valence-electron chi connectivity index (χ4n) is 1.82. The Morgan fingerprint density at radius 1 is 1.28 bits per heavy atom. The maximum absolute atomic E-state index is 11.8. The summed E-state index contributed by atoms with van der Waals surface area (Å²) in [7, 11) is -3.12. The largest absolute Gasteiger partial charge is 0.212 e. The molecule has 0 aromatic heterocycles. The summed E-state index contributed by atoms with van der Waals surface area (Å²) in [5.41, 5.74) is 2.16. The molecule has 1 aromatic carbocycles. The number of rotatable bonds is 7. The molecule has 0 aliphatic heterocycles. The van der Waals surface area contributed by atoms with E-state index in [2.05, 4.69) is 20.7 Å². The minimum absolute atomic E-state index is 0.260. The molecular formula is C13H18BrNO2S. The molecule has 1 N–H and O–H groups in total. The Labute approximate surface area is 117 Å². The van der Waals surface area contributed by atoms with E-state index in [1.165, 1.54) is 12.8 Å². The number of benzene rings is 1. The van der Waals surface area contributed by atoms with Crippen LogP contribution in [0.1, 0.15) is 30.4 Å². The highest BCUT2D eigenvalue weighted by atomic mass is 79.9. The molecule has 18 heavy (non-hydrogen) atoms. The van der Waals surface area contributed by atoms with Gasteiger partial charge in [-0.2, -0.15) is 0 Å². The molecule has 3 nitrogen and oxygen atoms in total. The number of alkyl halides is 1. The zero-order valence-electron chi connectivity index (χ0n) is 10.2. The SMILES string of the molecule is O=S(=O)(CCC1CC1)NCc1cccc(CBr)c1. The van der Waals surface area contributed by atoms with Gasteiger partial charge in [0.15, 0.2) is 0 Å². The molecule has 1 saturated carbocycles. The molecule has 0 heterocycles. The van der Waals surface area contributed by atoms with Gasteiger partial charge in [-0.15, -0.1) is 0 Å². The minimum Gasteiger partial charge on any atom is -0.212 e. The molecule has 2 rings (SSSR count). The van der Waals surface area contributed by atoms with Gasteiger partial charge in [-0.1, -0.05) is 53.0 Å². The Morgan fingerprint density at radius 3 is 2.67 bits per heavy atom. The summed E-state index contributed by atoms with van der Waals surface area (Å²) >= 11 is 3.39. The molecule has 0 spiro atoms. The van der Waals surface area contributed by atoms with Crippen LogP contribution in [0, 0.1) is 5.92 Å². The van der Waals surface area contributed by atoms with Gasteiger partial charge in [0.1, 0.15) is 0 Å². The van der Waals surface area contributed by atoms with E-state index in [-0.39, 0.29) is 5.75 Å². The first-order valence-corrected chi connectivity index (χ1v) is 8.97. The second kappa shape index (κ2) is 6.17. The van der Waals surface area contributed by atoms with Gasteiger partial charge in [0.05, 0.1) is 5.75 Å². The first-order chi connectivity index (χ1) is 8.59. The average Bonchev–Trinajstić information content (AvgIpc) is 3.19. The lowest BCUT2D eigenvalue weighted by Gasteiger charge is -2.07. The van der Waals surface area contributed by atoms with E-state index in [1.807, 2.05) is 24.3 Å². The molecule has 0 saturated heterocycles. The molecule has 0 unspecified atom stereocenters.